The van der Waals surface area contributed by atoms with Gasteiger partial charge in [-0.05, 0) is 6.42 Å². The Morgan fingerprint density at radius 2 is 1.23 bits per heavy atom. The summed E-state index contributed by atoms with van der Waals surface area (Å²) in [6.07, 6.45) is -6.40. The van der Waals surface area contributed by atoms with Gasteiger partial charge in [-0.15, -0.1) is 0 Å². The van der Waals surface area contributed by atoms with E-state index in [1.54, 1.807) is 6.92 Å². The first-order chi connectivity index (χ1) is 10.3. The molecule has 0 unspecified atom stereocenters. The number of hydrogen-bond donors (Lipinski definition) is 7. The van der Waals surface area contributed by atoms with E-state index in [1.165, 1.54) is 0 Å². The highest BCUT2D eigenvalue weighted by Gasteiger charge is 2.29. The quantitative estimate of drug-likeness (QED) is 0.271. The van der Waals surface area contributed by atoms with Crippen molar-refractivity contribution in [2.75, 3.05) is 6.61 Å². The molecule has 22 heavy (non-hydrogen) atoms. The number of rotatable bonds is 8. The maximum Gasteiger partial charge on any atom is 0.126 e. The largest absolute Gasteiger partial charge is 0.394 e. The first-order valence-electron chi connectivity index (χ1n) is 6.84. The van der Waals surface area contributed by atoms with E-state index in [-0.39, 0.29) is 17.8 Å². The Labute approximate surface area is 127 Å². The van der Waals surface area contributed by atoms with E-state index in [2.05, 4.69) is 9.97 Å². The number of aromatic nitrogens is 2. The van der Waals surface area contributed by atoms with Gasteiger partial charge in [0.25, 0.3) is 0 Å². The summed E-state index contributed by atoms with van der Waals surface area (Å²) in [6.45, 7) is 0.906. The molecule has 0 saturated carbocycles. The lowest BCUT2D eigenvalue weighted by molar-refractivity contribution is -0.0792. The standard InChI is InChI=1S/C13H22N2O7/c1-2-8(17)12(21)10(19)6-3-15-7(4-14-6)11(20)13(22)9(18)5-16/h3-4,8-13,16-22H,2,5H2,1H3/t8-,9-,10-,11-,12-,13-/m1/s1. The second kappa shape index (κ2) is 8.44. The highest BCUT2D eigenvalue weighted by atomic mass is 16.4. The highest BCUT2D eigenvalue weighted by molar-refractivity contribution is 5.10. The molecule has 0 amide bonds. The molecule has 0 aromatic carbocycles. The Morgan fingerprint density at radius 3 is 1.55 bits per heavy atom. The zero-order valence-corrected chi connectivity index (χ0v) is 12.1. The summed E-state index contributed by atoms with van der Waals surface area (Å²) in [7, 11) is 0. The molecule has 126 valence electrons. The average Bonchev–Trinajstić information content (AvgIpc) is 2.57. The zero-order chi connectivity index (χ0) is 16.9. The minimum absolute atomic E-state index is 0.0202. The zero-order valence-electron chi connectivity index (χ0n) is 12.1. The summed E-state index contributed by atoms with van der Waals surface area (Å²) in [5, 5.41) is 66.3. The van der Waals surface area contributed by atoms with Crippen LogP contribution in [0.15, 0.2) is 12.4 Å². The molecule has 0 aliphatic heterocycles. The Hall–Kier alpha value is -1.20. The minimum atomic E-state index is -1.65. The third-order valence-electron chi connectivity index (χ3n) is 3.34. The van der Waals surface area contributed by atoms with E-state index in [0.29, 0.717) is 0 Å². The molecule has 1 aromatic heterocycles. The molecular formula is C13H22N2O7. The van der Waals surface area contributed by atoms with Crippen LogP contribution >= 0.6 is 0 Å². The molecule has 0 saturated heterocycles. The van der Waals surface area contributed by atoms with Crippen LogP contribution in [0.3, 0.4) is 0 Å². The van der Waals surface area contributed by atoms with Crippen molar-refractivity contribution in [2.24, 2.45) is 0 Å². The fraction of sp³-hybridized carbons (Fsp3) is 0.692. The lowest BCUT2D eigenvalue weighted by Crippen LogP contribution is -2.35. The van der Waals surface area contributed by atoms with Crippen molar-refractivity contribution in [3.63, 3.8) is 0 Å². The molecular weight excluding hydrogens is 296 g/mol. The molecule has 0 spiro atoms. The first-order valence-corrected chi connectivity index (χ1v) is 6.84. The summed E-state index contributed by atoms with van der Waals surface area (Å²) in [5.74, 6) is 0. The highest BCUT2D eigenvalue weighted by Crippen LogP contribution is 2.20. The third-order valence-corrected chi connectivity index (χ3v) is 3.34. The summed E-state index contributed by atoms with van der Waals surface area (Å²) in [6, 6.07) is 0. The van der Waals surface area contributed by atoms with Crippen molar-refractivity contribution < 1.29 is 35.7 Å². The van der Waals surface area contributed by atoms with Gasteiger partial charge in [0.2, 0.25) is 0 Å². The summed E-state index contributed by atoms with van der Waals surface area (Å²) in [4.78, 5) is 7.59. The summed E-state index contributed by atoms with van der Waals surface area (Å²) >= 11 is 0. The van der Waals surface area contributed by atoms with Crippen LogP contribution in [0.5, 0.6) is 0 Å². The van der Waals surface area contributed by atoms with E-state index < -0.39 is 43.2 Å². The monoisotopic (exact) mass is 318 g/mol. The van der Waals surface area contributed by atoms with E-state index in [1.807, 2.05) is 0 Å². The number of hydrogen-bond acceptors (Lipinski definition) is 9. The third kappa shape index (κ3) is 4.40. The van der Waals surface area contributed by atoms with E-state index in [4.69, 9.17) is 5.11 Å². The second-order valence-corrected chi connectivity index (χ2v) is 4.96. The molecule has 1 rings (SSSR count). The Morgan fingerprint density at radius 1 is 0.818 bits per heavy atom. The van der Waals surface area contributed by atoms with Crippen molar-refractivity contribution >= 4 is 0 Å². The van der Waals surface area contributed by atoms with Crippen molar-refractivity contribution in [3.05, 3.63) is 23.8 Å². The Balaban J connectivity index is 2.82. The number of nitrogens with zero attached hydrogens (tertiary/aromatic N) is 2. The van der Waals surface area contributed by atoms with Gasteiger partial charge in [-0.2, -0.15) is 0 Å². The van der Waals surface area contributed by atoms with Gasteiger partial charge in [0.15, 0.2) is 0 Å². The molecule has 0 aliphatic rings. The van der Waals surface area contributed by atoms with Crippen LogP contribution in [0.25, 0.3) is 0 Å². The normalized spacial score (nSPS) is 20.0. The van der Waals surface area contributed by atoms with Gasteiger partial charge in [-0.25, -0.2) is 0 Å². The molecule has 0 fully saturated rings. The van der Waals surface area contributed by atoms with E-state index in [0.717, 1.165) is 12.4 Å². The van der Waals surface area contributed by atoms with Gasteiger partial charge in [-0.3, -0.25) is 9.97 Å². The van der Waals surface area contributed by atoms with Crippen LogP contribution in [-0.2, 0) is 0 Å². The molecule has 9 nitrogen and oxygen atoms in total. The van der Waals surface area contributed by atoms with Crippen LogP contribution in [0.1, 0.15) is 36.9 Å². The second-order valence-electron chi connectivity index (χ2n) is 4.96. The Kier molecular flexibility index (Phi) is 7.23. The summed E-state index contributed by atoms with van der Waals surface area (Å²) in [5.41, 5.74) is -0.102. The van der Waals surface area contributed by atoms with Crippen molar-refractivity contribution in [1.82, 2.24) is 9.97 Å². The van der Waals surface area contributed by atoms with Gasteiger partial charge in [0, 0.05) is 0 Å². The molecule has 9 heteroatoms. The van der Waals surface area contributed by atoms with Crippen LogP contribution < -0.4 is 0 Å². The molecule has 1 heterocycles. The van der Waals surface area contributed by atoms with E-state index in [9.17, 15) is 30.6 Å². The van der Waals surface area contributed by atoms with Gasteiger partial charge in [0.05, 0.1) is 36.5 Å². The summed E-state index contributed by atoms with van der Waals surface area (Å²) < 4.78 is 0. The minimum Gasteiger partial charge on any atom is -0.394 e. The van der Waals surface area contributed by atoms with E-state index >= 15 is 0 Å². The number of aliphatic hydroxyl groups excluding tert-OH is 7. The topological polar surface area (TPSA) is 167 Å². The van der Waals surface area contributed by atoms with Gasteiger partial charge < -0.3 is 35.7 Å². The SMILES string of the molecule is CC[C@@H](O)[C@@H](O)[C@H](O)c1cnc([C@@H](O)[C@H](O)[C@H](O)CO)cn1. The lowest BCUT2D eigenvalue weighted by Gasteiger charge is -2.23. The van der Waals surface area contributed by atoms with Crippen molar-refractivity contribution in [3.8, 4) is 0 Å². The van der Waals surface area contributed by atoms with Crippen LogP contribution in [0, 0.1) is 0 Å². The Bertz CT molecular complexity index is 404. The fourth-order valence-corrected chi connectivity index (χ4v) is 1.77. The van der Waals surface area contributed by atoms with Crippen molar-refractivity contribution in [2.45, 2.75) is 50.0 Å². The predicted octanol–water partition coefficient (Wildman–Crippen LogP) is -2.61. The molecule has 7 N–H and O–H groups in total. The van der Waals surface area contributed by atoms with Gasteiger partial charge in [-0.1, -0.05) is 6.92 Å². The maximum absolute atomic E-state index is 9.86. The van der Waals surface area contributed by atoms with Crippen LogP contribution in [0.2, 0.25) is 0 Å². The number of aliphatic hydroxyl groups is 7. The molecule has 0 bridgehead atoms. The average molecular weight is 318 g/mol. The fourth-order valence-electron chi connectivity index (χ4n) is 1.77. The lowest BCUT2D eigenvalue weighted by atomic mass is 10.0. The van der Waals surface area contributed by atoms with Crippen LogP contribution in [0.4, 0.5) is 0 Å². The first kappa shape index (κ1) is 18.8. The molecule has 6 atom stereocenters. The predicted molar refractivity (Wildman–Crippen MR) is 73.4 cm³/mol. The maximum atomic E-state index is 9.86. The molecule has 0 aliphatic carbocycles. The van der Waals surface area contributed by atoms with Crippen LogP contribution in [-0.4, -0.2) is 76.7 Å². The molecule has 1 aromatic rings. The molecule has 0 radical (unpaired) electrons. The van der Waals surface area contributed by atoms with Crippen molar-refractivity contribution in [1.29, 1.82) is 0 Å². The van der Waals surface area contributed by atoms with Gasteiger partial charge in [0.1, 0.15) is 30.5 Å². The van der Waals surface area contributed by atoms with Gasteiger partial charge >= 0.3 is 0 Å². The smallest absolute Gasteiger partial charge is 0.126 e.